The Morgan fingerprint density at radius 1 is 1.59 bits per heavy atom. The Labute approximate surface area is 126 Å². The maximum atomic E-state index is 11.9. The largest absolute Gasteiger partial charge is 0.480 e. The first kappa shape index (κ1) is 17.4. The SMILES string of the molecule is C/C(N)=N/OCC[C@H](NC(=O)[C@@H](N)Cc1cnc[nH]1)C(=O)O. The number of nitrogens with two attached hydrogens (primary N) is 2. The molecule has 2 atom stereocenters. The quantitative estimate of drug-likeness (QED) is 0.161. The first-order chi connectivity index (χ1) is 10.4. The molecule has 1 heterocycles. The average molecular weight is 312 g/mol. The summed E-state index contributed by atoms with van der Waals surface area (Å²) in [7, 11) is 0. The molecule has 0 radical (unpaired) electrons. The number of nitrogens with one attached hydrogen (secondary N) is 2. The molecule has 122 valence electrons. The Morgan fingerprint density at radius 3 is 2.86 bits per heavy atom. The lowest BCUT2D eigenvalue weighted by atomic mass is 10.1. The number of imidazole rings is 1. The third-order valence-corrected chi connectivity index (χ3v) is 2.65. The summed E-state index contributed by atoms with van der Waals surface area (Å²) in [6, 6.07) is -2.00. The molecule has 0 aromatic carbocycles. The van der Waals surface area contributed by atoms with Crippen LogP contribution in [-0.2, 0) is 20.8 Å². The summed E-state index contributed by atoms with van der Waals surface area (Å²) in [6.45, 7) is 1.53. The first-order valence-corrected chi connectivity index (χ1v) is 6.58. The van der Waals surface area contributed by atoms with E-state index < -0.39 is 24.0 Å². The van der Waals surface area contributed by atoms with Crippen molar-refractivity contribution in [3.05, 3.63) is 18.2 Å². The number of amides is 1. The van der Waals surface area contributed by atoms with Crippen molar-refractivity contribution in [3.8, 4) is 0 Å². The van der Waals surface area contributed by atoms with E-state index in [0.717, 1.165) is 0 Å². The number of nitrogens with zero attached hydrogens (tertiary/aromatic N) is 2. The van der Waals surface area contributed by atoms with Gasteiger partial charge in [-0.1, -0.05) is 5.16 Å². The molecule has 0 aliphatic rings. The van der Waals surface area contributed by atoms with Crippen LogP contribution in [0.3, 0.4) is 0 Å². The Morgan fingerprint density at radius 2 is 2.32 bits per heavy atom. The van der Waals surface area contributed by atoms with Crippen LogP contribution in [0.1, 0.15) is 19.0 Å². The zero-order valence-corrected chi connectivity index (χ0v) is 12.2. The first-order valence-electron chi connectivity index (χ1n) is 6.58. The molecule has 1 aromatic heterocycles. The molecule has 0 aliphatic carbocycles. The van der Waals surface area contributed by atoms with Gasteiger partial charge < -0.3 is 31.7 Å². The molecule has 10 heteroatoms. The van der Waals surface area contributed by atoms with E-state index in [-0.39, 0.29) is 25.3 Å². The lowest BCUT2D eigenvalue weighted by Crippen LogP contribution is -2.49. The van der Waals surface area contributed by atoms with Crippen molar-refractivity contribution in [1.29, 1.82) is 0 Å². The maximum Gasteiger partial charge on any atom is 0.326 e. The van der Waals surface area contributed by atoms with Gasteiger partial charge >= 0.3 is 5.97 Å². The van der Waals surface area contributed by atoms with Crippen LogP contribution in [0.5, 0.6) is 0 Å². The number of carbonyl (C=O) groups excluding carboxylic acids is 1. The number of carbonyl (C=O) groups is 2. The highest BCUT2D eigenvalue weighted by Gasteiger charge is 2.23. The predicted molar refractivity (Wildman–Crippen MR) is 77.7 cm³/mol. The van der Waals surface area contributed by atoms with Gasteiger partial charge in [-0.05, 0) is 6.92 Å². The second-order valence-electron chi connectivity index (χ2n) is 4.64. The molecule has 1 amide bonds. The van der Waals surface area contributed by atoms with Gasteiger partial charge in [-0.3, -0.25) is 4.79 Å². The Bertz CT molecular complexity index is 512. The van der Waals surface area contributed by atoms with Gasteiger partial charge in [-0.25, -0.2) is 9.78 Å². The summed E-state index contributed by atoms with van der Waals surface area (Å²) < 4.78 is 0. The number of aliphatic carboxylic acids is 1. The van der Waals surface area contributed by atoms with E-state index in [1.54, 1.807) is 6.20 Å². The zero-order valence-electron chi connectivity index (χ0n) is 12.2. The van der Waals surface area contributed by atoms with Crippen LogP contribution in [0, 0.1) is 0 Å². The summed E-state index contributed by atoms with van der Waals surface area (Å²) in [5.41, 5.74) is 11.7. The lowest BCUT2D eigenvalue weighted by molar-refractivity contribution is -0.142. The number of aromatic nitrogens is 2. The molecule has 1 rings (SSSR count). The molecule has 0 saturated carbocycles. The molecule has 7 N–H and O–H groups in total. The number of aromatic amines is 1. The van der Waals surface area contributed by atoms with Gasteiger partial charge in [0.25, 0.3) is 0 Å². The summed E-state index contributed by atoms with van der Waals surface area (Å²) in [5.74, 6) is -1.53. The van der Waals surface area contributed by atoms with Gasteiger partial charge in [-0.2, -0.15) is 0 Å². The van der Waals surface area contributed by atoms with Crippen molar-refractivity contribution in [2.24, 2.45) is 16.6 Å². The third-order valence-electron chi connectivity index (χ3n) is 2.65. The normalized spacial score (nSPS) is 14.2. The van der Waals surface area contributed by atoms with Gasteiger partial charge in [0.15, 0.2) is 0 Å². The number of hydrogen-bond acceptors (Lipinski definition) is 6. The molecule has 1 aromatic rings. The molecule has 0 aliphatic heterocycles. The minimum absolute atomic E-state index is 0.00156. The molecule has 0 bridgehead atoms. The fourth-order valence-corrected chi connectivity index (χ4v) is 1.58. The van der Waals surface area contributed by atoms with E-state index in [4.69, 9.17) is 21.4 Å². The molecular formula is C12H20N6O4. The van der Waals surface area contributed by atoms with Crippen molar-refractivity contribution < 1.29 is 19.5 Å². The summed E-state index contributed by atoms with van der Waals surface area (Å²) >= 11 is 0. The molecule has 0 saturated heterocycles. The Kier molecular flexibility index (Phi) is 6.83. The predicted octanol–water partition coefficient (Wildman–Crippen LogP) is -1.45. The number of amidine groups is 1. The van der Waals surface area contributed by atoms with Crippen LogP contribution in [0.4, 0.5) is 0 Å². The highest BCUT2D eigenvalue weighted by molar-refractivity contribution is 5.86. The van der Waals surface area contributed by atoms with Crippen molar-refractivity contribution in [1.82, 2.24) is 15.3 Å². The fraction of sp³-hybridized carbons (Fsp3) is 0.500. The van der Waals surface area contributed by atoms with Gasteiger partial charge in [0.05, 0.1) is 12.4 Å². The second-order valence-corrected chi connectivity index (χ2v) is 4.64. The Hall–Kier alpha value is -2.62. The number of H-pyrrole nitrogens is 1. The number of hydrogen-bond donors (Lipinski definition) is 5. The van der Waals surface area contributed by atoms with Crippen LogP contribution < -0.4 is 16.8 Å². The molecule has 0 unspecified atom stereocenters. The highest BCUT2D eigenvalue weighted by atomic mass is 16.6. The summed E-state index contributed by atoms with van der Waals surface area (Å²) in [6.07, 6.45) is 3.28. The number of oxime groups is 1. The van der Waals surface area contributed by atoms with Crippen LogP contribution in [0.2, 0.25) is 0 Å². The van der Waals surface area contributed by atoms with E-state index in [2.05, 4.69) is 20.4 Å². The topological polar surface area (TPSA) is 169 Å². The monoisotopic (exact) mass is 312 g/mol. The van der Waals surface area contributed by atoms with Gasteiger partial charge in [0.1, 0.15) is 18.5 Å². The Balaban J connectivity index is 2.45. The molecule has 22 heavy (non-hydrogen) atoms. The second kappa shape index (κ2) is 8.62. The van der Waals surface area contributed by atoms with Crippen LogP contribution in [0.15, 0.2) is 17.7 Å². The lowest BCUT2D eigenvalue weighted by Gasteiger charge is -2.17. The molecule has 10 nitrogen and oxygen atoms in total. The fourth-order valence-electron chi connectivity index (χ4n) is 1.58. The molecule has 0 fully saturated rings. The minimum Gasteiger partial charge on any atom is -0.480 e. The smallest absolute Gasteiger partial charge is 0.326 e. The number of carboxylic acids is 1. The number of carboxylic acid groups (broad SMARTS) is 1. The standard InChI is InChI=1S/C12H20N6O4/c1-7(13)18-22-3-2-10(12(20)21)17-11(19)9(14)4-8-5-15-6-16-8/h5-6,9-10H,2-4,14H2,1H3,(H2,13,18)(H,15,16)(H,17,19)(H,20,21)/t9-,10-/m0/s1. The van der Waals surface area contributed by atoms with E-state index >= 15 is 0 Å². The van der Waals surface area contributed by atoms with Crippen molar-refractivity contribution in [3.63, 3.8) is 0 Å². The highest BCUT2D eigenvalue weighted by Crippen LogP contribution is 1.99. The van der Waals surface area contributed by atoms with E-state index in [9.17, 15) is 9.59 Å². The number of rotatable bonds is 9. The van der Waals surface area contributed by atoms with Gasteiger partial charge in [0, 0.05) is 24.7 Å². The van der Waals surface area contributed by atoms with Gasteiger partial charge in [0.2, 0.25) is 5.91 Å². The van der Waals surface area contributed by atoms with Crippen LogP contribution in [0.25, 0.3) is 0 Å². The third kappa shape index (κ3) is 6.22. The van der Waals surface area contributed by atoms with E-state index in [1.165, 1.54) is 13.3 Å². The molecular weight excluding hydrogens is 292 g/mol. The van der Waals surface area contributed by atoms with E-state index in [1.807, 2.05) is 0 Å². The van der Waals surface area contributed by atoms with Gasteiger partial charge in [-0.15, -0.1) is 0 Å². The zero-order chi connectivity index (χ0) is 16.5. The molecule has 0 spiro atoms. The van der Waals surface area contributed by atoms with Crippen LogP contribution >= 0.6 is 0 Å². The van der Waals surface area contributed by atoms with Crippen molar-refractivity contribution >= 4 is 17.7 Å². The summed E-state index contributed by atoms with van der Waals surface area (Å²) in [5, 5.41) is 14.9. The minimum atomic E-state index is -1.18. The van der Waals surface area contributed by atoms with Crippen molar-refractivity contribution in [2.45, 2.75) is 31.8 Å². The average Bonchev–Trinajstić information content (AvgIpc) is 2.94. The summed E-state index contributed by atoms with van der Waals surface area (Å²) in [4.78, 5) is 34.5. The van der Waals surface area contributed by atoms with E-state index in [0.29, 0.717) is 5.69 Å². The maximum absolute atomic E-state index is 11.9. The van der Waals surface area contributed by atoms with Crippen molar-refractivity contribution in [2.75, 3.05) is 6.61 Å². The van der Waals surface area contributed by atoms with Crippen LogP contribution in [-0.4, -0.2) is 51.5 Å².